The van der Waals surface area contributed by atoms with E-state index in [2.05, 4.69) is 4.74 Å². The maximum atomic E-state index is 11.9. The molecule has 16 heavy (non-hydrogen) atoms. The van der Waals surface area contributed by atoms with Crippen LogP contribution in [-0.2, 0) is 0 Å². The summed E-state index contributed by atoms with van der Waals surface area (Å²) in [4.78, 5) is 0. The van der Waals surface area contributed by atoms with Gasteiger partial charge in [-0.1, -0.05) is 11.6 Å². The van der Waals surface area contributed by atoms with Crippen LogP contribution < -0.4 is 56.1 Å². The number of rotatable bonds is 3. The molecule has 1 aromatic rings. The maximum absolute atomic E-state index is 11.9. The van der Waals surface area contributed by atoms with Crippen LogP contribution in [0.15, 0.2) is 12.1 Å². The van der Waals surface area contributed by atoms with Gasteiger partial charge in [-0.05, 0) is 37.1 Å². The van der Waals surface area contributed by atoms with Crippen LogP contribution >= 0.6 is 11.6 Å². The summed E-state index contributed by atoms with van der Waals surface area (Å²) in [5.74, 6) is 0.202. The molecule has 0 aliphatic heterocycles. The van der Waals surface area contributed by atoms with E-state index in [4.69, 9.17) is 11.6 Å². The summed E-state index contributed by atoms with van der Waals surface area (Å²) in [7, 11) is 0. The van der Waals surface area contributed by atoms with Crippen molar-refractivity contribution in [2.24, 2.45) is 0 Å². The zero-order valence-electron chi connectivity index (χ0n) is 9.36. The third-order valence-electron chi connectivity index (χ3n) is 1.85. The normalized spacial score (nSPS) is 10.9. The molecule has 0 aliphatic carbocycles. The van der Waals surface area contributed by atoms with Crippen LogP contribution in [0.2, 0.25) is 5.02 Å². The van der Waals surface area contributed by atoms with E-state index in [0.717, 1.165) is 0 Å². The van der Waals surface area contributed by atoms with Crippen molar-refractivity contribution in [3.63, 3.8) is 0 Å². The predicted molar refractivity (Wildman–Crippen MR) is 55.5 cm³/mol. The van der Waals surface area contributed by atoms with Crippen LogP contribution in [0, 0.1) is 13.8 Å². The largest absolute Gasteiger partial charge is 1.00 e. The molecule has 0 bridgehead atoms. The number of aryl methyl sites for hydroxylation is 2. The summed E-state index contributed by atoms with van der Waals surface area (Å²) >= 11 is 5.87. The minimum atomic E-state index is -4.91. The molecule has 1 aromatic carbocycles. The second-order valence-electron chi connectivity index (χ2n) is 3.39. The Morgan fingerprint density at radius 2 is 1.62 bits per heavy atom. The minimum Gasteiger partial charge on any atom is -0.522 e. The van der Waals surface area contributed by atoms with Gasteiger partial charge in [-0.25, -0.2) is 0 Å². The van der Waals surface area contributed by atoms with E-state index >= 15 is 0 Å². The van der Waals surface area contributed by atoms with Gasteiger partial charge in [-0.3, -0.25) is 0 Å². The van der Waals surface area contributed by atoms with Crippen LogP contribution in [0.4, 0.5) is 12.9 Å². The van der Waals surface area contributed by atoms with E-state index in [1.165, 1.54) is 12.1 Å². The molecule has 0 saturated heterocycles. The molecule has 0 radical (unpaired) electrons. The fourth-order valence-electron chi connectivity index (χ4n) is 1.18. The quantitative estimate of drug-likeness (QED) is 0.740. The fraction of sp³-hybridized carbons (Fsp3) is 0.333. The van der Waals surface area contributed by atoms with Gasteiger partial charge < -0.3 is 17.7 Å². The Morgan fingerprint density at radius 3 is 2.00 bits per heavy atom. The zero-order chi connectivity index (χ0) is 11.6. The molecule has 0 amide bonds. The maximum Gasteiger partial charge on any atom is 1.00 e. The van der Waals surface area contributed by atoms with Crippen molar-refractivity contribution in [3.8, 4) is 5.75 Å². The standard InChI is InChI=1S/C9H10BClF3O.K/c1-6-3-8(4-7(2)9(6)11)15-5-10(12,13)14;/h3-4H,5H2,1-2H3;/q-1;+1. The van der Waals surface area contributed by atoms with Crippen molar-refractivity contribution in [1.29, 1.82) is 0 Å². The summed E-state index contributed by atoms with van der Waals surface area (Å²) in [6, 6.07) is 2.99. The Bertz CT molecular complexity index is 347. The average molecular weight is 277 g/mol. The molecular formula is C9H10BClF3KO. The molecule has 0 fully saturated rings. The van der Waals surface area contributed by atoms with Gasteiger partial charge in [-0.15, -0.1) is 0 Å². The molecule has 0 aliphatic rings. The van der Waals surface area contributed by atoms with Crippen molar-refractivity contribution >= 4 is 18.6 Å². The SMILES string of the molecule is Cc1cc(OC[B-](F)(F)F)cc(C)c1Cl.[K+]. The summed E-state index contributed by atoms with van der Waals surface area (Å²) in [6.07, 6.45) is 0. The van der Waals surface area contributed by atoms with Gasteiger partial charge in [0.25, 0.3) is 0 Å². The first kappa shape index (κ1) is 16.8. The summed E-state index contributed by atoms with van der Waals surface area (Å²) in [5.41, 5.74) is 1.42. The van der Waals surface area contributed by atoms with E-state index in [1.54, 1.807) is 13.8 Å². The Hall–Kier alpha value is 0.801. The second kappa shape index (κ2) is 6.66. The molecule has 0 saturated carbocycles. The smallest absolute Gasteiger partial charge is 0.522 e. The van der Waals surface area contributed by atoms with E-state index in [1.807, 2.05) is 0 Å². The molecular weight excluding hydrogens is 266 g/mol. The average Bonchev–Trinajstić information content (AvgIpc) is 2.09. The first-order valence-electron chi connectivity index (χ1n) is 4.40. The van der Waals surface area contributed by atoms with Crippen LogP contribution in [0.3, 0.4) is 0 Å². The van der Waals surface area contributed by atoms with E-state index in [0.29, 0.717) is 16.1 Å². The number of hydrogen-bond acceptors (Lipinski definition) is 1. The van der Waals surface area contributed by atoms with Crippen molar-refractivity contribution in [2.75, 3.05) is 6.51 Å². The Labute approximate surface area is 140 Å². The minimum absolute atomic E-state index is 0. The molecule has 0 atom stereocenters. The topological polar surface area (TPSA) is 9.23 Å². The fourth-order valence-corrected chi connectivity index (χ4v) is 1.29. The molecule has 0 aromatic heterocycles. The Kier molecular flexibility index (Phi) is 6.99. The summed E-state index contributed by atoms with van der Waals surface area (Å²) in [5, 5.41) is 0.555. The van der Waals surface area contributed by atoms with Crippen molar-refractivity contribution in [1.82, 2.24) is 0 Å². The number of ether oxygens (including phenoxy) is 1. The number of hydrogen-bond donors (Lipinski definition) is 0. The molecule has 0 heterocycles. The third-order valence-corrected chi connectivity index (χ3v) is 2.45. The van der Waals surface area contributed by atoms with E-state index in [-0.39, 0.29) is 57.1 Å². The van der Waals surface area contributed by atoms with Crippen LogP contribution in [0.25, 0.3) is 0 Å². The van der Waals surface area contributed by atoms with Crippen molar-refractivity contribution in [3.05, 3.63) is 28.3 Å². The van der Waals surface area contributed by atoms with Crippen LogP contribution in [-0.4, -0.2) is 13.5 Å². The molecule has 0 spiro atoms. The Balaban J connectivity index is 0.00000225. The zero-order valence-corrected chi connectivity index (χ0v) is 13.2. The van der Waals surface area contributed by atoms with Crippen molar-refractivity contribution < 1.29 is 69.1 Å². The molecule has 1 rings (SSSR count). The number of halogens is 4. The second-order valence-corrected chi connectivity index (χ2v) is 3.77. The van der Waals surface area contributed by atoms with Gasteiger partial charge in [0.15, 0.2) is 0 Å². The molecule has 0 unspecified atom stereocenters. The monoisotopic (exact) mass is 276 g/mol. The van der Waals surface area contributed by atoms with Gasteiger partial charge >= 0.3 is 58.4 Å². The van der Waals surface area contributed by atoms with E-state index in [9.17, 15) is 12.9 Å². The van der Waals surface area contributed by atoms with Gasteiger partial charge in [0.2, 0.25) is 0 Å². The molecule has 84 valence electrons. The van der Waals surface area contributed by atoms with Crippen molar-refractivity contribution in [2.45, 2.75) is 13.8 Å². The van der Waals surface area contributed by atoms with Gasteiger partial charge in [0, 0.05) is 5.02 Å². The first-order chi connectivity index (χ1) is 6.79. The molecule has 0 N–H and O–H groups in total. The summed E-state index contributed by atoms with van der Waals surface area (Å²) < 4.78 is 40.4. The van der Waals surface area contributed by atoms with Gasteiger partial charge in [0.05, 0.1) is 6.51 Å². The first-order valence-corrected chi connectivity index (χ1v) is 4.78. The summed E-state index contributed by atoms with van der Waals surface area (Å²) in [6.45, 7) is -2.69. The van der Waals surface area contributed by atoms with Gasteiger partial charge in [-0.2, -0.15) is 0 Å². The third kappa shape index (κ3) is 5.42. The predicted octanol–water partition coefficient (Wildman–Crippen LogP) is 0.726. The molecule has 1 nitrogen and oxygen atoms in total. The van der Waals surface area contributed by atoms with Crippen LogP contribution in [0.1, 0.15) is 11.1 Å². The van der Waals surface area contributed by atoms with Gasteiger partial charge in [0.1, 0.15) is 5.75 Å². The Morgan fingerprint density at radius 1 is 1.19 bits per heavy atom. The van der Waals surface area contributed by atoms with E-state index < -0.39 is 13.5 Å². The number of benzene rings is 1. The molecule has 7 heteroatoms. The van der Waals surface area contributed by atoms with Crippen LogP contribution in [0.5, 0.6) is 5.75 Å².